The number of halogens is 1. The van der Waals surface area contributed by atoms with Crippen LogP contribution in [0.15, 0.2) is 83.8 Å². The van der Waals surface area contributed by atoms with Gasteiger partial charge < -0.3 is 5.32 Å². The second-order valence-corrected chi connectivity index (χ2v) is 7.51. The number of benzene rings is 3. The standard InChI is InChI=1S/C20H17FN2O3S/c21-18-12-11-16(20(24)23-17-9-5-2-6-10-17)13-19(18)27(25,26)22-14-15-7-3-1-4-8-15/h1-13,22H,14H2,(H,23,24). The first kappa shape index (κ1) is 18.8. The summed E-state index contributed by atoms with van der Waals surface area (Å²) < 4.78 is 41.4. The molecule has 0 aliphatic rings. The molecule has 0 heterocycles. The fourth-order valence-corrected chi connectivity index (χ4v) is 3.55. The minimum Gasteiger partial charge on any atom is -0.322 e. The molecule has 0 saturated heterocycles. The number of nitrogens with one attached hydrogen (secondary N) is 2. The molecule has 138 valence electrons. The predicted octanol–water partition coefficient (Wildman–Crippen LogP) is 3.56. The highest BCUT2D eigenvalue weighted by Crippen LogP contribution is 2.18. The summed E-state index contributed by atoms with van der Waals surface area (Å²) in [6.07, 6.45) is 0. The lowest BCUT2D eigenvalue weighted by atomic mass is 10.2. The Balaban J connectivity index is 1.80. The van der Waals surface area contributed by atoms with Crippen LogP contribution in [0.5, 0.6) is 0 Å². The number of carbonyl (C=O) groups excluding carboxylic acids is 1. The van der Waals surface area contributed by atoms with Gasteiger partial charge in [-0.2, -0.15) is 0 Å². The molecule has 3 aromatic carbocycles. The van der Waals surface area contributed by atoms with Gasteiger partial charge in [0.1, 0.15) is 10.7 Å². The molecule has 0 bridgehead atoms. The molecule has 0 atom stereocenters. The van der Waals surface area contributed by atoms with Crippen molar-refractivity contribution in [2.75, 3.05) is 5.32 Å². The Kier molecular flexibility index (Phi) is 5.63. The third-order valence-electron chi connectivity index (χ3n) is 3.82. The van der Waals surface area contributed by atoms with Crippen molar-refractivity contribution in [3.63, 3.8) is 0 Å². The summed E-state index contributed by atoms with van der Waals surface area (Å²) in [6.45, 7) is 0.0169. The summed E-state index contributed by atoms with van der Waals surface area (Å²) in [5.74, 6) is -1.45. The number of para-hydroxylation sites is 1. The second kappa shape index (κ2) is 8.11. The number of rotatable bonds is 6. The molecule has 27 heavy (non-hydrogen) atoms. The van der Waals surface area contributed by atoms with E-state index in [0.717, 1.165) is 17.7 Å². The number of hydrogen-bond donors (Lipinski definition) is 2. The zero-order valence-corrected chi connectivity index (χ0v) is 15.0. The van der Waals surface area contributed by atoms with E-state index in [1.54, 1.807) is 54.6 Å². The van der Waals surface area contributed by atoms with Gasteiger partial charge in [0.2, 0.25) is 10.0 Å². The average molecular weight is 384 g/mol. The van der Waals surface area contributed by atoms with E-state index in [1.165, 1.54) is 6.07 Å². The van der Waals surface area contributed by atoms with E-state index in [2.05, 4.69) is 10.0 Å². The molecule has 0 unspecified atom stereocenters. The van der Waals surface area contributed by atoms with Crippen molar-refractivity contribution in [3.8, 4) is 0 Å². The van der Waals surface area contributed by atoms with E-state index in [9.17, 15) is 17.6 Å². The quantitative estimate of drug-likeness (QED) is 0.682. The van der Waals surface area contributed by atoms with Gasteiger partial charge in [0.05, 0.1) is 0 Å². The van der Waals surface area contributed by atoms with Crippen LogP contribution in [0.25, 0.3) is 0 Å². The molecule has 3 aromatic rings. The summed E-state index contributed by atoms with van der Waals surface area (Å²) in [5.41, 5.74) is 1.33. The van der Waals surface area contributed by atoms with Gasteiger partial charge in [-0.1, -0.05) is 48.5 Å². The van der Waals surface area contributed by atoms with Gasteiger partial charge in [0.15, 0.2) is 0 Å². The molecule has 2 N–H and O–H groups in total. The largest absolute Gasteiger partial charge is 0.322 e. The molecule has 0 aromatic heterocycles. The SMILES string of the molecule is O=C(Nc1ccccc1)c1ccc(F)c(S(=O)(=O)NCc2ccccc2)c1. The molecule has 0 radical (unpaired) electrons. The number of sulfonamides is 1. The lowest BCUT2D eigenvalue weighted by Crippen LogP contribution is -2.25. The van der Waals surface area contributed by atoms with E-state index in [1.807, 2.05) is 6.07 Å². The minimum atomic E-state index is -4.12. The monoisotopic (exact) mass is 384 g/mol. The molecule has 5 nitrogen and oxygen atoms in total. The Hall–Kier alpha value is -3.03. The van der Waals surface area contributed by atoms with E-state index >= 15 is 0 Å². The van der Waals surface area contributed by atoms with Crippen molar-refractivity contribution in [2.45, 2.75) is 11.4 Å². The summed E-state index contributed by atoms with van der Waals surface area (Å²) in [5, 5.41) is 2.64. The highest BCUT2D eigenvalue weighted by Gasteiger charge is 2.21. The fourth-order valence-electron chi connectivity index (χ4n) is 2.43. The van der Waals surface area contributed by atoms with Crippen molar-refractivity contribution in [1.29, 1.82) is 0 Å². The number of anilines is 1. The molecule has 0 aliphatic carbocycles. The van der Waals surface area contributed by atoms with Gasteiger partial charge in [-0.25, -0.2) is 17.5 Å². The Morgan fingerprint density at radius 2 is 1.52 bits per heavy atom. The van der Waals surface area contributed by atoms with Gasteiger partial charge >= 0.3 is 0 Å². The molecule has 0 saturated carbocycles. The first-order valence-electron chi connectivity index (χ1n) is 8.15. The zero-order valence-electron chi connectivity index (χ0n) is 14.2. The van der Waals surface area contributed by atoms with E-state index < -0.39 is 26.6 Å². The average Bonchev–Trinajstić information content (AvgIpc) is 2.68. The highest BCUT2D eigenvalue weighted by molar-refractivity contribution is 7.89. The van der Waals surface area contributed by atoms with E-state index in [-0.39, 0.29) is 12.1 Å². The zero-order chi connectivity index (χ0) is 19.3. The van der Waals surface area contributed by atoms with E-state index in [0.29, 0.717) is 5.69 Å². The van der Waals surface area contributed by atoms with Crippen molar-refractivity contribution in [1.82, 2.24) is 4.72 Å². The number of amides is 1. The van der Waals surface area contributed by atoms with Crippen molar-refractivity contribution in [3.05, 3.63) is 95.8 Å². The lowest BCUT2D eigenvalue weighted by molar-refractivity contribution is 0.102. The van der Waals surface area contributed by atoms with Gasteiger partial charge in [-0.3, -0.25) is 4.79 Å². The Morgan fingerprint density at radius 1 is 0.889 bits per heavy atom. The Bertz CT molecular complexity index is 1040. The molecule has 7 heteroatoms. The minimum absolute atomic E-state index is 0.0169. The molecule has 3 rings (SSSR count). The van der Waals surface area contributed by atoms with Crippen molar-refractivity contribution in [2.24, 2.45) is 0 Å². The van der Waals surface area contributed by atoms with Crippen LogP contribution >= 0.6 is 0 Å². The van der Waals surface area contributed by atoms with Crippen LogP contribution in [-0.2, 0) is 16.6 Å². The molecule has 0 spiro atoms. The van der Waals surface area contributed by atoms with Crippen LogP contribution < -0.4 is 10.0 Å². The van der Waals surface area contributed by atoms with Crippen LogP contribution in [0, 0.1) is 5.82 Å². The fraction of sp³-hybridized carbons (Fsp3) is 0.0500. The van der Waals surface area contributed by atoms with Crippen LogP contribution in [0.1, 0.15) is 15.9 Å². The van der Waals surface area contributed by atoms with Crippen molar-refractivity contribution < 1.29 is 17.6 Å². The molecule has 0 aliphatic heterocycles. The topological polar surface area (TPSA) is 75.3 Å². The molecule has 1 amide bonds. The molecular weight excluding hydrogens is 367 g/mol. The summed E-state index contributed by atoms with van der Waals surface area (Å²) in [7, 11) is -4.12. The molecule has 0 fully saturated rings. The van der Waals surface area contributed by atoms with Crippen molar-refractivity contribution >= 4 is 21.6 Å². The smallest absolute Gasteiger partial charge is 0.255 e. The van der Waals surface area contributed by atoms with Crippen LogP contribution in [0.2, 0.25) is 0 Å². The normalized spacial score (nSPS) is 11.1. The number of hydrogen-bond acceptors (Lipinski definition) is 3. The Labute approximate surface area is 156 Å². The number of carbonyl (C=O) groups is 1. The second-order valence-electron chi connectivity index (χ2n) is 5.78. The first-order valence-corrected chi connectivity index (χ1v) is 9.63. The summed E-state index contributed by atoms with van der Waals surface area (Å²) >= 11 is 0. The van der Waals surface area contributed by atoms with Crippen LogP contribution in [-0.4, -0.2) is 14.3 Å². The van der Waals surface area contributed by atoms with Gasteiger partial charge in [0, 0.05) is 17.8 Å². The lowest BCUT2D eigenvalue weighted by Gasteiger charge is -2.10. The predicted molar refractivity (Wildman–Crippen MR) is 101 cm³/mol. The third kappa shape index (κ3) is 4.78. The van der Waals surface area contributed by atoms with Crippen LogP contribution in [0.4, 0.5) is 10.1 Å². The van der Waals surface area contributed by atoms with Crippen LogP contribution in [0.3, 0.4) is 0 Å². The maximum atomic E-state index is 14.1. The maximum Gasteiger partial charge on any atom is 0.255 e. The third-order valence-corrected chi connectivity index (χ3v) is 5.24. The van der Waals surface area contributed by atoms with E-state index in [4.69, 9.17) is 0 Å². The van der Waals surface area contributed by atoms with Gasteiger partial charge in [-0.15, -0.1) is 0 Å². The Morgan fingerprint density at radius 3 is 2.19 bits per heavy atom. The van der Waals surface area contributed by atoms with Gasteiger partial charge in [0.25, 0.3) is 5.91 Å². The maximum absolute atomic E-state index is 14.1. The highest BCUT2D eigenvalue weighted by atomic mass is 32.2. The van der Waals surface area contributed by atoms with Gasteiger partial charge in [-0.05, 0) is 35.9 Å². The summed E-state index contributed by atoms with van der Waals surface area (Å²) in [6, 6.07) is 20.8. The summed E-state index contributed by atoms with van der Waals surface area (Å²) in [4.78, 5) is 11.8. The first-order chi connectivity index (χ1) is 13.0. The molecular formula is C20H17FN2O3S.